The second-order valence-electron chi connectivity index (χ2n) is 3.23. The summed E-state index contributed by atoms with van der Waals surface area (Å²) in [6.07, 6.45) is 1.32. The Morgan fingerprint density at radius 2 is 2.22 bits per heavy atom. The lowest BCUT2D eigenvalue weighted by molar-refractivity contribution is 0.489. The lowest BCUT2D eigenvalue weighted by atomic mass is 10.1. The van der Waals surface area contributed by atoms with Gasteiger partial charge in [-0.1, -0.05) is 6.92 Å². The molecule has 1 fully saturated rings. The Bertz CT molecular complexity index is 103. The van der Waals surface area contributed by atoms with Crippen molar-refractivity contribution in [1.29, 1.82) is 0 Å². The van der Waals surface area contributed by atoms with Gasteiger partial charge < -0.3 is 10.6 Å². The van der Waals surface area contributed by atoms with Crippen molar-refractivity contribution in [1.82, 2.24) is 10.6 Å². The molecule has 0 bridgehead atoms. The van der Waals surface area contributed by atoms with Crippen molar-refractivity contribution in [2.24, 2.45) is 5.41 Å². The molecular weight excluding hydrogens is 112 g/mol. The molecule has 0 amide bonds. The fourth-order valence-electron chi connectivity index (χ4n) is 1.46. The van der Waals surface area contributed by atoms with Gasteiger partial charge >= 0.3 is 0 Å². The van der Waals surface area contributed by atoms with Crippen LogP contribution in [0.5, 0.6) is 0 Å². The first-order valence-electron chi connectivity index (χ1n) is 3.55. The number of rotatable bonds is 3. The van der Waals surface area contributed by atoms with E-state index in [1.807, 2.05) is 14.1 Å². The molecule has 2 heteroatoms. The minimum atomic E-state index is 0.545. The zero-order valence-electron chi connectivity index (χ0n) is 6.49. The second-order valence-corrected chi connectivity index (χ2v) is 3.23. The van der Waals surface area contributed by atoms with Crippen LogP contribution in [0, 0.1) is 5.41 Å². The van der Waals surface area contributed by atoms with E-state index < -0.39 is 0 Å². The highest BCUT2D eigenvalue weighted by atomic mass is 15.0. The van der Waals surface area contributed by atoms with Crippen molar-refractivity contribution in [2.45, 2.75) is 19.4 Å². The molecule has 54 valence electrons. The Morgan fingerprint density at radius 1 is 1.56 bits per heavy atom. The van der Waals surface area contributed by atoms with E-state index >= 15 is 0 Å². The van der Waals surface area contributed by atoms with Crippen LogP contribution in [0.15, 0.2) is 0 Å². The molecule has 0 aliphatic heterocycles. The van der Waals surface area contributed by atoms with Crippen LogP contribution < -0.4 is 10.6 Å². The first-order valence-corrected chi connectivity index (χ1v) is 3.55. The van der Waals surface area contributed by atoms with Crippen LogP contribution in [0.2, 0.25) is 0 Å². The molecule has 0 aromatic carbocycles. The molecule has 2 atom stereocenters. The summed E-state index contributed by atoms with van der Waals surface area (Å²) < 4.78 is 0. The molecule has 1 aliphatic carbocycles. The van der Waals surface area contributed by atoms with Gasteiger partial charge in [-0.05, 0) is 25.9 Å². The highest BCUT2D eigenvalue weighted by Crippen LogP contribution is 2.44. The predicted octanol–water partition coefficient (Wildman–Crippen LogP) is 0.204. The van der Waals surface area contributed by atoms with Gasteiger partial charge in [0, 0.05) is 12.6 Å². The van der Waals surface area contributed by atoms with Gasteiger partial charge in [-0.3, -0.25) is 0 Å². The first kappa shape index (κ1) is 7.03. The predicted molar refractivity (Wildman–Crippen MR) is 39.5 cm³/mol. The van der Waals surface area contributed by atoms with E-state index in [9.17, 15) is 0 Å². The Labute approximate surface area is 57.0 Å². The van der Waals surface area contributed by atoms with E-state index in [1.54, 1.807) is 0 Å². The number of hydrogen-bond acceptors (Lipinski definition) is 2. The van der Waals surface area contributed by atoms with Crippen molar-refractivity contribution in [3.63, 3.8) is 0 Å². The molecule has 1 rings (SSSR count). The van der Waals surface area contributed by atoms with Gasteiger partial charge in [0.05, 0.1) is 0 Å². The average molecular weight is 128 g/mol. The van der Waals surface area contributed by atoms with Crippen LogP contribution in [0.4, 0.5) is 0 Å². The van der Waals surface area contributed by atoms with Crippen molar-refractivity contribution in [3.8, 4) is 0 Å². The highest BCUT2D eigenvalue weighted by molar-refractivity contribution is 5.05. The maximum absolute atomic E-state index is 3.27. The fraction of sp³-hybridized carbons (Fsp3) is 1.00. The molecule has 9 heavy (non-hydrogen) atoms. The molecule has 0 radical (unpaired) electrons. The van der Waals surface area contributed by atoms with Gasteiger partial charge in [0.15, 0.2) is 0 Å². The Morgan fingerprint density at radius 3 is 2.56 bits per heavy atom. The molecule has 0 aromatic heterocycles. The van der Waals surface area contributed by atoms with Crippen LogP contribution >= 0.6 is 0 Å². The van der Waals surface area contributed by atoms with Crippen LogP contribution in [0.25, 0.3) is 0 Å². The highest BCUT2D eigenvalue weighted by Gasteiger charge is 2.48. The summed E-state index contributed by atoms with van der Waals surface area (Å²) >= 11 is 0. The van der Waals surface area contributed by atoms with Gasteiger partial charge in [0.25, 0.3) is 0 Å². The number of hydrogen-bond donors (Lipinski definition) is 2. The van der Waals surface area contributed by atoms with Crippen molar-refractivity contribution in [3.05, 3.63) is 0 Å². The van der Waals surface area contributed by atoms with E-state index in [4.69, 9.17) is 0 Å². The fourth-order valence-corrected chi connectivity index (χ4v) is 1.46. The molecule has 0 saturated heterocycles. The Balaban J connectivity index is 2.25. The summed E-state index contributed by atoms with van der Waals surface area (Å²) in [4.78, 5) is 0. The normalized spacial score (nSPS) is 41.0. The molecule has 2 N–H and O–H groups in total. The third-order valence-electron chi connectivity index (χ3n) is 2.28. The largest absolute Gasteiger partial charge is 0.319 e. The van der Waals surface area contributed by atoms with Crippen LogP contribution in [0.1, 0.15) is 13.3 Å². The molecule has 2 nitrogen and oxygen atoms in total. The minimum absolute atomic E-state index is 0.545. The summed E-state index contributed by atoms with van der Waals surface area (Å²) in [5.74, 6) is 0. The first-order chi connectivity index (χ1) is 4.23. The Hall–Kier alpha value is -0.0800. The van der Waals surface area contributed by atoms with Gasteiger partial charge in [-0.25, -0.2) is 0 Å². The van der Waals surface area contributed by atoms with E-state index in [2.05, 4.69) is 17.6 Å². The average Bonchev–Trinajstić information content (AvgIpc) is 2.43. The molecule has 1 saturated carbocycles. The summed E-state index contributed by atoms with van der Waals surface area (Å²) in [5.41, 5.74) is 0.545. The topological polar surface area (TPSA) is 24.1 Å². The molecular formula is C7H16N2. The van der Waals surface area contributed by atoms with Crippen molar-refractivity contribution >= 4 is 0 Å². The van der Waals surface area contributed by atoms with Crippen LogP contribution in [0.3, 0.4) is 0 Å². The quantitative estimate of drug-likeness (QED) is 0.567. The number of nitrogens with one attached hydrogen (secondary N) is 2. The summed E-state index contributed by atoms with van der Waals surface area (Å²) in [7, 11) is 4.04. The smallest absolute Gasteiger partial charge is 0.0137 e. The monoisotopic (exact) mass is 128 g/mol. The summed E-state index contributed by atoms with van der Waals surface area (Å²) in [5, 5.41) is 6.47. The molecule has 0 heterocycles. The molecule has 1 unspecified atom stereocenters. The van der Waals surface area contributed by atoms with Crippen LogP contribution in [-0.2, 0) is 0 Å². The lowest BCUT2D eigenvalue weighted by Gasteiger charge is -2.08. The maximum Gasteiger partial charge on any atom is 0.0137 e. The SMILES string of the molecule is CNCC1(C)C[C@@H]1NC. The van der Waals surface area contributed by atoms with E-state index in [0.29, 0.717) is 5.41 Å². The summed E-state index contributed by atoms with van der Waals surface area (Å²) in [6, 6.07) is 0.755. The third kappa shape index (κ3) is 1.25. The molecule has 0 spiro atoms. The van der Waals surface area contributed by atoms with Gasteiger partial charge in [0.1, 0.15) is 0 Å². The van der Waals surface area contributed by atoms with Gasteiger partial charge in [0.2, 0.25) is 0 Å². The zero-order chi connectivity index (χ0) is 6.91. The maximum atomic E-state index is 3.27. The molecule has 0 aromatic rings. The second kappa shape index (κ2) is 2.27. The van der Waals surface area contributed by atoms with Crippen molar-refractivity contribution < 1.29 is 0 Å². The Kier molecular flexibility index (Phi) is 1.78. The zero-order valence-corrected chi connectivity index (χ0v) is 6.49. The third-order valence-corrected chi connectivity index (χ3v) is 2.28. The van der Waals surface area contributed by atoms with E-state index in [1.165, 1.54) is 6.42 Å². The van der Waals surface area contributed by atoms with Crippen molar-refractivity contribution in [2.75, 3.05) is 20.6 Å². The van der Waals surface area contributed by atoms with E-state index in [0.717, 1.165) is 12.6 Å². The molecule has 1 aliphatic rings. The van der Waals surface area contributed by atoms with Crippen LogP contribution in [-0.4, -0.2) is 26.7 Å². The summed E-state index contributed by atoms with van der Waals surface area (Å²) in [6.45, 7) is 3.45. The van der Waals surface area contributed by atoms with Gasteiger partial charge in [-0.2, -0.15) is 0 Å². The van der Waals surface area contributed by atoms with Gasteiger partial charge in [-0.15, -0.1) is 0 Å². The standard InChI is InChI=1S/C7H16N2/c1-7(5-8-2)4-6(7)9-3/h6,8-9H,4-5H2,1-3H3/t6-,7?/m0/s1. The minimum Gasteiger partial charge on any atom is -0.319 e. The van der Waals surface area contributed by atoms with E-state index in [-0.39, 0.29) is 0 Å². The lowest BCUT2D eigenvalue weighted by Crippen LogP contribution is -2.25.